The minimum absolute atomic E-state index is 0.0806. The molecule has 0 spiro atoms. The Morgan fingerprint density at radius 3 is 2.56 bits per heavy atom. The highest BCUT2D eigenvalue weighted by Gasteiger charge is 2.30. The number of para-hydroxylation sites is 1. The van der Waals surface area contributed by atoms with Gasteiger partial charge in [0.2, 0.25) is 5.91 Å². The van der Waals surface area contributed by atoms with Crippen molar-refractivity contribution in [3.63, 3.8) is 0 Å². The minimum atomic E-state index is -0.958. The number of carbonyl (C=O) groups excluding carboxylic acids is 1. The summed E-state index contributed by atoms with van der Waals surface area (Å²) >= 11 is 1.51. The summed E-state index contributed by atoms with van der Waals surface area (Å²) in [6.45, 7) is 1.93. The van der Waals surface area contributed by atoms with E-state index in [1.54, 1.807) is 28.9 Å². The molecule has 4 rings (SSSR count). The minimum Gasteiger partial charge on any atom is -0.478 e. The summed E-state index contributed by atoms with van der Waals surface area (Å²) in [4.78, 5) is 23.4. The monoisotopic (exact) mass is 379 g/mol. The van der Waals surface area contributed by atoms with Crippen molar-refractivity contribution >= 4 is 29.5 Å². The lowest BCUT2D eigenvalue weighted by Gasteiger charge is -2.15. The molecule has 0 bridgehead atoms. The zero-order valence-electron chi connectivity index (χ0n) is 14.5. The largest absolute Gasteiger partial charge is 0.478 e. The van der Waals surface area contributed by atoms with Crippen LogP contribution in [0.25, 0.3) is 5.69 Å². The van der Waals surface area contributed by atoms with Crippen molar-refractivity contribution in [1.29, 1.82) is 0 Å². The number of rotatable bonds is 3. The lowest BCUT2D eigenvalue weighted by molar-refractivity contribution is -0.113. The molecule has 27 heavy (non-hydrogen) atoms. The predicted octanol–water partition coefficient (Wildman–Crippen LogP) is 3.65. The molecule has 0 saturated carbocycles. The number of carbonyl (C=O) groups is 2. The second kappa shape index (κ2) is 6.92. The highest BCUT2D eigenvalue weighted by atomic mass is 32.2. The van der Waals surface area contributed by atoms with Crippen molar-refractivity contribution in [2.24, 2.45) is 0 Å². The van der Waals surface area contributed by atoms with Gasteiger partial charge >= 0.3 is 5.97 Å². The maximum atomic E-state index is 12.3. The third kappa shape index (κ3) is 3.21. The highest BCUT2D eigenvalue weighted by Crippen LogP contribution is 2.43. The number of hydrogen-bond donors (Lipinski definition) is 2. The summed E-state index contributed by atoms with van der Waals surface area (Å²) in [5, 5.41) is 16.7. The molecule has 7 heteroatoms. The molecule has 0 radical (unpaired) electrons. The average Bonchev–Trinajstić information content (AvgIpc) is 2.88. The second-order valence-electron chi connectivity index (χ2n) is 6.26. The quantitative estimate of drug-likeness (QED) is 0.726. The molecule has 0 aliphatic carbocycles. The van der Waals surface area contributed by atoms with E-state index in [9.17, 15) is 9.59 Å². The molecular formula is C20H17N3O3S. The number of benzene rings is 2. The van der Waals surface area contributed by atoms with E-state index in [0.29, 0.717) is 11.6 Å². The van der Waals surface area contributed by atoms with Gasteiger partial charge in [-0.15, -0.1) is 11.8 Å². The standard InChI is InChI=1S/C20H17N3O3S/c1-12-17-18(13-7-9-14(10-8-13)20(25)26)27-11-16(24)21-19(17)23(22-12)15-5-3-2-4-6-15/h2-10,18H,11H2,1H3,(H,21,24)(H,25,26)/t18-/m0/s1. The fraction of sp³-hybridized carbons (Fsp3) is 0.150. The van der Waals surface area contributed by atoms with E-state index >= 15 is 0 Å². The first-order valence-electron chi connectivity index (χ1n) is 8.44. The number of anilines is 1. The third-order valence-electron chi connectivity index (χ3n) is 4.47. The summed E-state index contributed by atoms with van der Waals surface area (Å²) in [6.07, 6.45) is 0. The van der Waals surface area contributed by atoms with Crippen LogP contribution in [-0.4, -0.2) is 32.5 Å². The molecule has 0 saturated heterocycles. The Hall–Kier alpha value is -3.06. The molecule has 1 atom stereocenters. The molecule has 1 aromatic heterocycles. The molecule has 3 aromatic rings. The molecule has 2 heterocycles. The SMILES string of the molecule is Cc1nn(-c2ccccc2)c2c1[C@H](c1ccc(C(=O)O)cc1)SCC(=O)N2. The van der Waals surface area contributed by atoms with Crippen LogP contribution in [0.2, 0.25) is 0 Å². The normalized spacial score (nSPS) is 16.3. The van der Waals surface area contributed by atoms with Crippen molar-refractivity contribution in [3.8, 4) is 5.69 Å². The van der Waals surface area contributed by atoms with Crippen LogP contribution in [0.1, 0.15) is 32.4 Å². The van der Waals surface area contributed by atoms with E-state index in [2.05, 4.69) is 10.4 Å². The van der Waals surface area contributed by atoms with Gasteiger partial charge in [0, 0.05) is 5.56 Å². The van der Waals surface area contributed by atoms with Crippen molar-refractivity contribution in [1.82, 2.24) is 9.78 Å². The number of thioether (sulfide) groups is 1. The van der Waals surface area contributed by atoms with Gasteiger partial charge in [-0.1, -0.05) is 30.3 Å². The smallest absolute Gasteiger partial charge is 0.335 e. The van der Waals surface area contributed by atoms with Gasteiger partial charge in [-0.2, -0.15) is 5.10 Å². The average molecular weight is 379 g/mol. The van der Waals surface area contributed by atoms with Gasteiger partial charge in [0.15, 0.2) is 0 Å². The van der Waals surface area contributed by atoms with Crippen LogP contribution in [0.15, 0.2) is 54.6 Å². The first-order chi connectivity index (χ1) is 13.0. The summed E-state index contributed by atoms with van der Waals surface area (Å²) < 4.78 is 1.76. The van der Waals surface area contributed by atoms with Crippen LogP contribution >= 0.6 is 11.8 Å². The number of nitrogens with zero attached hydrogens (tertiary/aromatic N) is 2. The van der Waals surface area contributed by atoms with E-state index < -0.39 is 5.97 Å². The van der Waals surface area contributed by atoms with Crippen LogP contribution in [-0.2, 0) is 4.79 Å². The summed E-state index contributed by atoms with van der Waals surface area (Å²) in [5.41, 5.74) is 3.82. The Morgan fingerprint density at radius 2 is 1.89 bits per heavy atom. The van der Waals surface area contributed by atoms with Gasteiger partial charge in [-0.05, 0) is 36.8 Å². The molecular weight excluding hydrogens is 362 g/mol. The zero-order valence-corrected chi connectivity index (χ0v) is 15.4. The van der Waals surface area contributed by atoms with Crippen LogP contribution in [0.5, 0.6) is 0 Å². The van der Waals surface area contributed by atoms with Crippen LogP contribution in [0, 0.1) is 6.92 Å². The van der Waals surface area contributed by atoms with Crippen LogP contribution in [0.4, 0.5) is 5.82 Å². The number of aromatic carboxylic acids is 1. The summed E-state index contributed by atoms with van der Waals surface area (Å²) in [6, 6.07) is 16.5. The number of hydrogen-bond acceptors (Lipinski definition) is 4. The first-order valence-corrected chi connectivity index (χ1v) is 9.49. The number of amides is 1. The van der Waals surface area contributed by atoms with Gasteiger partial charge in [0.25, 0.3) is 0 Å². The molecule has 1 aliphatic heterocycles. The first kappa shape index (κ1) is 17.4. The van der Waals surface area contributed by atoms with Crippen molar-refractivity contribution in [2.45, 2.75) is 12.2 Å². The molecule has 2 N–H and O–H groups in total. The Kier molecular flexibility index (Phi) is 4.45. The lowest BCUT2D eigenvalue weighted by Crippen LogP contribution is -2.15. The van der Waals surface area contributed by atoms with Crippen LogP contribution in [0.3, 0.4) is 0 Å². The fourth-order valence-electron chi connectivity index (χ4n) is 3.20. The molecule has 2 aromatic carbocycles. The van der Waals surface area contributed by atoms with Gasteiger partial charge in [0.05, 0.1) is 27.9 Å². The Morgan fingerprint density at radius 1 is 1.19 bits per heavy atom. The van der Waals surface area contributed by atoms with Crippen molar-refractivity contribution in [3.05, 3.63) is 77.0 Å². The third-order valence-corrected chi connectivity index (χ3v) is 5.74. The molecule has 136 valence electrons. The molecule has 1 aliphatic rings. The topological polar surface area (TPSA) is 84.2 Å². The van der Waals surface area contributed by atoms with Gasteiger partial charge in [-0.25, -0.2) is 9.48 Å². The highest BCUT2D eigenvalue weighted by molar-refractivity contribution is 8.00. The maximum Gasteiger partial charge on any atom is 0.335 e. The van der Waals surface area contributed by atoms with E-state index in [-0.39, 0.29) is 16.7 Å². The van der Waals surface area contributed by atoms with E-state index in [1.807, 2.05) is 37.3 Å². The zero-order chi connectivity index (χ0) is 19.0. The summed E-state index contributed by atoms with van der Waals surface area (Å²) in [5.74, 6) is -0.0569. The lowest BCUT2D eigenvalue weighted by atomic mass is 10.0. The number of carboxylic acid groups (broad SMARTS) is 1. The molecule has 0 unspecified atom stereocenters. The fourth-order valence-corrected chi connectivity index (χ4v) is 4.39. The Bertz CT molecular complexity index is 1010. The number of carboxylic acids is 1. The molecule has 0 fully saturated rings. The van der Waals surface area contributed by atoms with E-state index in [0.717, 1.165) is 22.5 Å². The number of fused-ring (bicyclic) bond motifs is 1. The number of aromatic nitrogens is 2. The van der Waals surface area contributed by atoms with Gasteiger partial charge in [0.1, 0.15) is 5.82 Å². The number of aryl methyl sites for hydroxylation is 1. The van der Waals surface area contributed by atoms with Gasteiger partial charge in [-0.3, -0.25) is 4.79 Å². The van der Waals surface area contributed by atoms with Crippen molar-refractivity contribution in [2.75, 3.05) is 11.1 Å². The molecule has 6 nitrogen and oxygen atoms in total. The number of nitrogens with one attached hydrogen (secondary N) is 1. The second-order valence-corrected chi connectivity index (χ2v) is 7.35. The van der Waals surface area contributed by atoms with Crippen LogP contribution < -0.4 is 5.32 Å². The van der Waals surface area contributed by atoms with E-state index in [1.165, 1.54) is 11.8 Å². The Balaban J connectivity index is 1.84. The Labute approximate surface area is 160 Å². The maximum absolute atomic E-state index is 12.3. The van der Waals surface area contributed by atoms with Crippen molar-refractivity contribution < 1.29 is 14.7 Å². The predicted molar refractivity (Wildman–Crippen MR) is 105 cm³/mol. The molecule has 1 amide bonds. The summed E-state index contributed by atoms with van der Waals surface area (Å²) in [7, 11) is 0. The van der Waals surface area contributed by atoms with E-state index in [4.69, 9.17) is 5.11 Å². The van der Waals surface area contributed by atoms with Gasteiger partial charge < -0.3 is 10.4 Å².